The monoisotopic (exact) mass is 221 g/mol. The van der Waals surface area contributed by atoms with Gasteiger partial charge in [0, 0.05) is 9.68 Å². The molecule has 76 valence electrons. The lowest BCUT2D eigenvalue weighted by atomic mass is 10.1. The number of thioether (sulfide) groups is 1. The molecule has 0 unspecified atom stereocenters. The van der Waals surface area contributed by atoms with E-state index in [1.165, 1.54) is 6.20 Å². The van der Waals surface area contributed by atoms with Gasteiger partial charge in [0.1, 0.15) is 10.8 Å². The number of aromatic nitrogens is 2. The predicted molar refractivity (Wildman–Crippen MR) is 60.9 cm³/mol. The first-order chi connectivity index (χ1) is 8.44. The van der Waals surface area contributed by atoms with Crippen LogP contribution in [0.2, 0.25) is 0 Å². The van der Waals surface area contributed by atoms with Crippen molar-refractivity contribution >= 4 is 11.8 Å². The molecule has 3 nitrogen and oxygen atoms in total. The second-order valence-corrected chi connectivity index (χ2v) is 3.56. The quantitative estimate of drug-likeness (QED) is 0.792. The summed E-state index contributed by atoms with van der Waals surface area (Å²) in [6.07, 6.45) is -0.621. The van der Waals surface area contributed by atoms with E-state index in [-0.39, 0.29) is 5.75 Å². The molecule has 0 radical (unpaired) electrons. The Morgan fingerprint density at radius 3 is 3.07 bits per heavy atom. The third-order valence-corrected chi connectivity index (χ3v) is 2.32. The van der Waals surface area contributed by atoms with E-state index in [1.807, 2.05) is 0 Å². The van der Waals surface area contributed by atoms with Crippen LogP contribution in [0.1, 0.15) is 4.11 Å². The zero-order valence-corrected chi connectivity index (χ0v) is 8.53. The van der Waals surface area contributed by atoms with E-state index in [9.17, 15) is 5.11 Å². The lowest BCUT2D eigenvalue weighted by Crippen LogP contribution is -1.86. The van der Waals surface area contributed by atoms with Crippen LogP contribution in [0, 0.1) is 0 Å². The highest BCUT2D eigenvalue weighted by atomic mass is 32.2. The SMILES string of the molecule is [2H]C([2H])([2H])Sc1cc(-c2cccc(O)c2)cnn1. The molecular weight excluding hydrogens is 208 g/mol. The second kappa shape index (κ2) is 4.31. The first-order valence-corrected chi connectivity index (χ1v) is 5.07. The van der Waals surface area contributed by atoms with Crippen LogP contribution in [0.15, 0.2) is 41.6 Å². The van der Waals surface area contributed by atoms with E-state index in [2.05, 4.69) is 10.2 Å². The fourth-order valence-electron chi connectivity index (χ4n) is 1.24. The van der Waals surface area contributed by atoms with Crippen LogP contribution in [0.3, 0.4) is 0 Å². The van der Waals surface area contributed by atoms with Gasteiger partial charge in [-0.3, -0.25) is 0 Å². The molecule has 0 aliphatic rings. The van der Waals surface area contributed by atoms with Crippen LogP contribution in [-0.4, -0.2) is 21.5 Å². The molecule has 2 aromatic rings. The van der Waals surface area contributed by atoms with Crippen LogP contribution in [0.4, 0.5) is 0 Å². The Hall–Kier alpha value is -1.55. The fraction of sp³-hybridized carbons (Fsp3) is 0.0909. The van der Waals surface area contributed by atoms with E-state index in [0.29, 0.717) is 22.4 Å². The summed E-state index contributed by atoms with van der Waals surface area (Å²) in [5.41, 5.74) is 1.48. The van der Waals surface area contributed by atoms with Crippen molar-refractivity contribution in [1.82, 2.24) is 10.2 Å². The summed E-state index contributed by atoms with van der Waals surface area (Å²) in [6, 6.07) is 8.30. The molecule has 1 aromatic heterocycles. The number of rotatable bonds is 2. The highest BCUT2D eigenvalue weighted by Crippen LogP contribution is 2.24. The zero-order chi connectivity index (χ0) is 13.2. The molecule has 0 bridgehead atoms. The van der Waals surface area contributed by atoms with Crippen LogP contribution in [0.5, 0.6) is 5.75 Å². The van der Waals surface area contributed by atoms with Crippen molar-refractivity contribution in [3.63, 3.8) is 0 Å². The molecule has 4 heteroatoms. The summed E-state index contributed by atoms with van der Waals surface area (Å²) in [4.78, 5) is 0. The van der Waals surface area contributed by atoms with Crippen molar-refractivity contribution < 1.29 is 9.22 Å². The maximum Gasteiger partial charge on any atom is 0.119 e. The number of aromatic hydroxyl groups is 1. The summed E-state index contributed by atoms with van der Waals surface area (Å²) >= 11 is 0.678. The zero-order valence-electron chi connectivity index (χ0n) is 10.7. The molecular formula is C11H10N2OS. The summed E-state index contributed by atoms with van der Waals surface area (Å²) in [5.74, 6) is 0.148. The number of nitrogens with zero attached hydrogens (tertiary/aromatic N) is 2. The predicted octanol–water partition coefficient (Wildman–Crippen LogP) is 2.57. The van der Waals surface area contributed by atoms with E-state index < -0.39 is 6.18 Å². The molecule has 1 aromatic carbocycles. The van der Waals surface area contributed by atoms with Crippen LogP contribution < -0.4 is 0 Å². The summed E-state index contributed by atoms with van der Waals surface area (Å²) < 4.78 is 21.5. The van der Waals surface area contributed by atoms with Crippen molar-refractivity contribution in [3.8, 4) is 16.9 Å². The van der Waals surface area contributed by atoms with Gasteiger partial charge in [0.05, 0.1) is 6.20 Å². The molecule has 0 spiro atoms. The van der Waals surface area contributed by atoms with Gasteiger partial charge in [-0.05, 0) is 29.9 Å². The van der Waals surface area contributed by atoms with E-state index in [1.54, 1.807) is 30.3 Å². The molecule has 2 rings (SSSR count). The minimum Gasteiger partial charge on any atom is -0.508 e. The molecule has 0 saturated heterocycles. The Bertz CT molecular complexity index is 560. The molecule has 0 fully saturated rings. The van der Waals surface area contributed by atoms with Gasteiger partial charge in [0.15, 0.2) is 0 Å². The van der Waals surface area contributed by atoms with Crippen LogP contribution in [-0.2, 0) is 0 Å². The summed E-state index contributed by atoms with van der Waals surface area (Å²) in [7, 11) is 0. The lowest BCUT2D eigenvalue weighted by molar-refractivity contribution is 0.475. The van der Waals surface area contributed by atoms with Gasteiger partial charge < -0.3 is 5.11 Å². The van der Waals surface area contributed by atoms with Gasteiger partial charge in [-0.1, -0.05) is 12.1 Å². The largest absolute Gasteiger partial charge is 0.508 e. The number of phenolic OH excluding ortho intramolecular Hbond substituents is 1. The molecule has 1 heterocycles. The topological polar surface area (TPSA) is 46.0 Å². The highest BCUT2D eigenvalue weighted by molar-refractivity contribution is 7.98. The normalized spacial score (nSPS) is 14.0. The third kappa shape index (κ3) is 2.27. The highest BCUT2D eigenvalue weighted by Gasteiger charge is 2.01. The number of hydrogen-bond acceptors (Lipinski definition) is 4. The molecule has 0 aliphatic heterocycles. The van der Waals surface area contributed by atoms with Gasteiger partial charge in [-0.2, -0.15) is 5.10 Å². The minimum atomic E-state index is -2.15. The van der Waals surface area contributed by atoms with Crippen molar-refractivity contribution in [2.24, 2.45) is 0 Å². The second-order valence-electron chi connectivity index (χ2n) is 2.93. The van der Waals surface area contributed by atoms with E-state index in [4.69, 9.17) is 4.11 Å². The molecule has 1 N–H and O–H groups in total. The van der Waals surface area contributed by atoms with E-state index >= 15 is 0 Å². The number of benzene rings is 1. The number of hydrogen-bond donors (Lipinski definition) is 1. The fourth-order valence-corrected chi connectivity index (χ4v) is 1.51. The Morgan fingerprint density at radius 1 is 1.33 bits per heavy atom. The number of phenols is 1. The third-order valence-electron chi connectivity index (χ3n) is 1.92. The summed E-state index contributed by atoms with van der Waals surface area (Å²) in [5, 5.41) is 17.3. The first-order valence-electron chi connectivity index (χ1n) is 5.75. The average Bonchev–Trinajstić information content (AvgIpc) is 2.27. The van der Waals surface area contributed by atoms with Gasteiger partial charge >= 0.3 is 0 Å². The molecule has 0 amide bonds. The lowest BCUT2D eigenvalue weighted by Gasteiger charge is -2.02. The van der Waals surface area contributed by atoms with Crippen molar-refractivity contribution in [2.45, 2.75) is 5.03 Å². The van der Waals surface area contributed by atoms with Crippen molar-refractivity contribution in [3.05, 3.63) is 36.5 Å². The molecule has 15 heavy (non-hydrogen) atoms. The van der Waals surface area contributed by atoms with Crippen LogP contribution >= 0.6 is 11.8 Å². The van der Waals surface area contributed by atoms with Gasteiger partial charge in [-0.25, -0.2) is 0 Å². The van der Waals surface area contributed by atoms with Crippen LogP contribution in [0.25, 0.3) is 11.1 Å². The van der Waals surface area contributed by atoms with Crippen molar-refractivity contribution in [2.75, 3.05) is 6.18 Å². The molecule has 0 atom stereocenters. The molecule has 0 aliphatic carbocycles. The van der Waals surface area contributed by atoms with E-state index in [0.717, 1.165) is 5.56 Å². The van der Waals surface area contributed by atoms with Gasteiger partial charge in [0.2, 0.25) is 0 Å². The average molecular weight is 221 g/mol. The summed E-state index contributed by atoms with van der Waals surface area (Å²) in [6.45, 7) is 0. The Balaban J connectivity index is 2.33. The first kappa shape index (κ1) is 6.85. The maximum absolute atomic E-state index is 9.40. The van der Waals surface area contributed by atoms with Gasteiger partial charge in [-0.15, -0.1) is 16.9 Å². The Morgan fingerprint density at radius 2 is 2.27 bits per heavy atom. The molecule has 0 saturated carbocycles. The van der Waals surface area contributed by atoms with Gasteiger partial charge in [0.25, 0.3) is 0 Å². The Kier molecular flexibility index (Phi) is 1.97. The Labute approximate surface area is 96.4 Å². The smallest absolute Gasteiger partial charge is 0.119 e. The van der Waals surface area contributed by atoms with Crippen molar-refractivity contribution in [1.29, 1.82) is 0 Å². The minimum absolute atomic E-state index is 0.148. The standard InChI is InChI=1S/C11H10N2OS/c1-15-11-6-9(7-12-13-11)8-3-2-4-10(14)5-8/h2-7,14H,1H3/i1D3. The maximum atomic E-state index is 9.40.